The van der Waals surface area contributed by atoms with Gasteiger partial charge in [0, 0.05) is 5.39 Å². The van der Waals surface area contributed by atoms with Crippen LogP contribution in [0.1, 0.15) is 33.9 Å². The van der Waals surface area contributed by atoms with E-state index in [1.54, 1.807) is 18.2 Å². The molecule has 1 aromatic heterocycles. The van der Waals surface area contributed by atoms with Crippen LogP contribution in [0.25, 0.3) is 11.0 Å². The molecule has 1 aliphatic rings. The molecule has 114 valence electrons. The highest BCUT2D eigenvalue weighted by Gasteiger charge is 2.25. The minimum absolute atomic E-state index is 0.0491. The fourth-order valence-electron chi connectivity index (χ4n) is 3.16. The van der Waals surface area contributed by atoms with Gasteiger partial charge in [-0.15, -0.1) is 0 Å². The molecule has 0 spiro atoms. The Morgan fingerprint density at radius 2 is 1.87 bits per heavy atom. The lowest BCUT2D eigenvalue weighted by Gasteiger charge is -2.13. The lowest BCUT2D eigenvalue weighted by Crippen LogP contribution is -2.30. The molecular weight excluding hydrogens is 290 g/mol. The maximum Gasteiger partial charge on any atom is 0.349 e. The summed E-state index contributed by atoms with van der Waals surface area (Å²) < 4.78 is 5.23. The molecule has 1 aliphatic carbocycles. The predicted molar refractivity (Wildman–Crippen MR) is 87.5 cm³/mol. The average Bonchev–Trinajstić information content (AvgIpc) is 2.97. The molecule has 1 N–H and O–H groups in total. The SMILES string of the molecule is O=C(N[C@H]1CCc2ccccc21)c1cc2ccccc2oc1=O. The van der Waals surface area contributed by atoms with E-state index in [1.807, 2.05) is 30.3 Å². The summed E-state index contributed by atoms with van der Waals surface area (Å²) in [4.78, 5) is 24.6. The summed E-state index contributed by atoms with van der Waals surface area (Å²) >= 11 is 0. The first-order valence-electron chi connectivity index (χ1n) is 7.64. The lowest BCUT2D eigenvalue weighted by molar-refractivity contribution is 0.0933. The van der Waals surface area contributed by atoms with Crippen LogP contribution in [-0.4, -0.2) is 5.91 Å². The second-order valence-corrected chi connectivity index (χ2v) is 5.75. The molecule has 0 unspecified atom stereocenters. The zero-order chi connectivity index (χ0) is 15.8. The summed E-state index contributed by atoms with van der Waals surface area (Å²) in [5, 5.41) is 3.70. The highest BCUT2D eigenvalue weighted by molar-refractivity contribution is 5.96. The van der Waals surface area contributed by atoms with Crippen molar-refractivity contribution in [2.45, 2.75) is 18.9 Å². The molecular formula is C19H15NO3. The summed E-state index contributed by atoms with van der Waals surface area (Å²) in [5.41, 5.74) is 2.31. The van der Waals surface area contributed by atoms with E-state index in [1.165, 1.54) is 5.56 Å². The molecule has 2 aromatic carbocycles. The summed E-state index contributed by atoms with van der Waals surface area (Å²) in [6.45, 7) is 0. The quantitative estimate of drug-likeness (QED) is 0.740. The van der Waals surface area contributed by atoms with Crippen LogP contribution in [0.3, 0.4) is 0 Å². The zero-order valence-corrected chi connectivity index (χ0v) is 12.4. The normalized spacial score (nSPS) is 16.3. The van der Waals surface area contributed by atoms with Crippen molar-refractivity contribution in [2.75, 3.05) is 0 Å². The number of carbonyl (C=O) groups excluding carboxylic acids is 1. The minimum atomic E-state index is -0.604. The Hall–Kier alpha value is -2.88. The van der Waals surface area contributed by atoms with Crippen LogP contribution in [0.5, 0.6) is 0 Å². The number of nitrogens with one attached hydrogen (secondary N) is 1. The van der Waals surface area contributed by atoms with Crippen LogP contribution in [0.4, 0.5) is 0 Å². The third-order valence-corrected chi connectivity index (χ3v) is 4.32. The van der Waals surface area contributed by atoms with Gasteiger partial charge in [0.1, 0.15) is 11.1 Å². The fraction of sp³-hybridized carbons (Fsp3) is 0.158. The second-order valence-electron chi connectivity index (χ2n) is 5.75. The fourth-order valence-corrected chi connectivity index (χ4v) is 3.16. The van der Waals surface area contributed by atoms with Crippen LogP contribution in [-0.2, 0) is 6.42 Å². The van der Waals surface area contributed by atoms with Gasteiger partial charge in [-0.25, -0.2) is 4.79 Å². The summed E-state index contributed by atoms with van der Waals surface area (Å²) in [5.74, 6) is -0.383. The average molecular weight is 305 g/mol. The van der Waals surface area contributed by atoms with E-state index in [2.05, 4.69) is 11.4 Å². The Morgan fingerprint density at radius 1 is 1.09 bits per heavy atom. The van der Waals surface area contributed by atoms with Crippen LogP contribution in [0.15, 0.2) is 63.8 Å². The molecule has 0 saturated carbocycles. The van der Waals surface area contributed by atoms with E-state index in [9.17, 15) is 9.59 Å². The largest absolute Gasteiger partial charge is 0.422 e. The Bertz CT molecular complexity index is 958. The van der Waals surface area contributed by atoms with E-state index in [4.69, 9.17) is 4.42 Å². The van der Waals surface area contributed by atoms with Crippen molar-refractivity contribution >= 4 is 16.9 Å². The predicted octanol–water partition coefficient (Wildman–Crippen LogP) is 3.21. The Morgan fingerprint density at radius 3 is 2.78 bits per heavy atom. The monoisotopic (exact) mass is 305 g/mol. The van der Waals surface area contributed by atoms with Gasteiger partial charge in [-0.05, 0) is 36.1 Å². The van der Waals surface area contributed by atoms with Gasteiger partial charge in [-0.2, -0.15) is 0 Å². The smallest absolute Gasteiger partial charge is 0.349 e. The molecule has 4 nitrogen and oxygen atoms in total. The molecule has 0 radical (unpaired) electrons. The van der Waals surface area contributed by atoms with Crippen molar-refractivity contribution in [1.82, 2.24) is 5.32 Å². The lowest BCUT2D eigenvalue weighted by atomic mass is 10.1. The number of amides is 1. The van der Waals surface area contributed by atoms with Crippen molar-refractivity contribution in [3.8, 4) is 0 Å². The molecule has 1 amide bonds. The Balaban J connectivity index is 1.65. The third-order valence-electron chi connectivity index (χ3n) is 4.32. The number of rotatable bonds is 2. The number of benzene rings is 2. The number of aryl methyl sites for hydroxylation is 1. The number of para-hydroxylation sites is 1. The van der Waals surface area contributed by atoms with Crippen molar-refractivity contribution in [1.29, 1.82) is 0 Å². The van der Waals surface area contributed by atoms with Gasteiger partial charge < -0.3 is 9.73 Å². The van der Waals surface area contributed by atoms with Gasteiger partial charge >= 0.3 is 5.63 Å². The van der Waals surface area contributed by atoms with Crippen molar-refractivity contribution < 1.29 is 9.21 Å². The maximum absolute atomic E-state index is 12.5. The van der Waals surface area contributed by atoms with E-state index in [-0.39, 0.29) is 17.5 Å². The first kappa shape index (κ1) is 13.8. The van der Waals surface area contributed by atoms with Crippen molar-refractivity contribution in [3.63, 3.8) is 0 Å². The van der Waals surface area contributed by atoms with Gasteiger partial charge in [0.15, 0.2) is 0 Å². The maximum atomic E-state index is 12.5. The summed E-state index contributed by atoms with van der Waals surface area (Å²) in [7, 11) is 0. The van der Waals surface area contributed by atoms with Crippen molar-refractivity contribution in [3.05, 3.63) is 81.7 Å². The van der Waals surface area contributed by atoms with E-state index < -0.39 is 5.63 Å². The standard InChI is InChI=1S/C19H15NO3/c21-18(20-16-10-9-12-5-1-3-7-14(12)16)15-11-13-6-2-4-8-17(13)23-19(15)22/h1-8,11,16H,9-10H2,(H,20,21)/t16-/m0/s1. The zero-order valence-electron chi connectivity index (χ0n) is 12.4. The Labute approximate surface area is 132 Å². The molecule has 1 atom stereocenters. The summed E-state index contributed by atoms with van der Waals surface area (Å²) in [6, 6.07) is 16.8. The molecule has 23 heavy (non-hydrogen) atoms. The van der Waals surface area contributed by atoms with Crippen molar-refractivity contribution in [2.24, 2.45) is 0 Å². The topological polar surface area (TPSA) is 59.3 Å². The van der Waals surface area contributed by atoms with Gasteiger partial charge in [0.2, 0.25) is 0 Å². The van der Waals surface area contributed by atoms with Crippen LogP contribution in [0.2, 0.25) is 0 Å². The number of fused-ring (bicyclic) bond motifs is 2. The Kier molecular flexibility index (Phi) is 3.23. The number of hydrogen-bond acceptors (Lipinski definition) is 3. The van der Waals surface area contributed by atoms with Crippen LogP contribution >= 0.6 is 0 Å². The van der Waals surface area contributed by atoms with Gasteiger partial charge in [0.05, 0.1) is 6.04 Å². The number of hydrogen-bond donors (Lipinski definition) is 1. The van der Waals surface area contributed by atoms with Crippen LogP contribution < -0.4 is 10.9 Å². The molecule has 0 aliphatic heterocycles. The van der Waals surface area contributed by atoms with Gasteiger partial charge in [0.25, 0.3) is 5.91 Å². The summed E-state index contributed by atoms with van der Waals surface area (Å²) in [6.07, 6.45) is 1.79. The first-order chi connectivity index (χ1) is 11.2. The molecule has 1 heterocycles. The van der Waals surface area contributed by atoms with Gasteiger partial charge in [-0.3, -0.25) is 4.79 Å². The van der Waals surface area contributed by atoms with E-state index in [0.29, 0.717) is 5.58 Å². The minimum Gasteiger partial charge on any atom is -0.422 e. The third kappa shape index (κ3) is 2.42. The molecule has 4 heteroatoms. The van der Waals surface area contributed by atoms with Gasteiger partial charge in [-0.1, -0.05) is 42.5 Å². The second kappa shape index (κ2) is 5.39. The van der Waals surface area contributed by atoms with E-state index >= 15 is 0 Å². The molecule has 3 aromatic rings. The molecule has 0 bridgehead atoms. The van der Waals surface area contributed by atoms with Crippen LogP contribution in [0, 0.1) is 0 Å². The van der Waals surface area contributed by atoms with E-state index in [0.717, 1.165) is 23.8 Å². The highest BCUT2D eigenvalue weighted by atomic mass is 16.4. The molecule has 0 fully saturated rings. The molecule has 0 saturated heterocycles. The highest BCUT2D eigenvalue weighted by Crippen LogP contribution is 2.30. The molecule has 4 rings (SSSR count). The first-order valence-corrected chi connectivity index (χ1v) is 7.64. The number of carbonyl (C=O) groups is 1.